The first kappa shape index (κ1) is 61.1. The summed E-state index contributed by atoms with van der Waals surface area (Å²) in [5.74, 6) is -0.429. The van der Waals surface area contributed by atoms with Gasteiger partial charge in [-0.2, -0.15) is 0 Å². The standard InChI is InChI=1S/C59H102O5/c1-4-7-10-13-16-19-22-25-28-30-32-34-37-40-43-46-49-52-58(60)63-56-57(55-62-54-51-48-45-42-39-36-33-29-26-23-20-17-14-11-8-5-2)64-59(61)53-50-47-44-41-38-35-31-27-24-21-18-15-12-9-6-3/h7,9-10,12,16,18-19,21,25-29,31,57H,4-6,8,11,13-15,17,20,22-24,30,32-56H2,1-3H3/b10-7-,12-9-,19-16-,21-18-,28-25-,29-26-,31-27-. The molecule has 0 bridgehead atoms. The van der Waals surface area contributed by atoms with Crippen molar-refractivity contribution < 1.29 is 23.8 Å². The molecule has 0 aromatic carbocycles. The van der Waals surface area contributed by atoms with Crippen LogP contribution < -0.4 is 0 Å². The predicted octanol–water partition coefficient (Wildman–Crippen LogP) is 18.5. The summed E-state index contributed by atoms with van der Waals surface area (Å²) in [6, 6.07) is 0. The molecule has 0 aliphatic heterocycles. The fourth-order valence-corrected chi connectivity index (χ4v) is 7.42. The van der Waals surface area contributed by atoms with Crippen molar-refractivity contribution in [3.05, 3.63) is 85.1 Å². The van der Waals surface area contributed by atoms with Crippen molar-refractivity contribution in [2.75, 3.05) is 19.8 Å². The second-order valence-electron chi connectivity index (χ2n) is 17.7. The molecule has 0 saturated heterocycles. The molecule has 368 valence electrons. The Bertz CT molecular complexity index is 1190. The molecule has 5 nitrogen and oxygen atoms in total. The van der Waals surface area contributed by atoms with Crippen LogP contribution in [0.25, 0.3) is 0 Å². The third kappa shape index (κ3) is 51.7. The lowest BCUT2D eigenvalue weighted by molar-refractivity contribution is -0.163. The highest BCUT2D eigenvalue weighted by Gasteiger charge is 2.17. The summed E-state index contributed by atoms with van der Waals surface area (Å²) < 4.78 is 17.4. The van der Waals surface area contributed by atoms with Gasteiger partial charge in [0.25, 0.3) is 0 Å². The van der Waals surface area contributed by atoms with Crippen molar-refractivity contribution in [1.29, 1.82) is 0 Å². The minimum absolute atomic E-state index is 0.0677. The molecule has 64 heavy (non-hydrogen) atoms. The molecule has 5 heteroatoms. The van der Waals surface area contributed by atoms with Gasteiger partial charge in [0.2, 0.25) is 0 Å². The third-order valence-corrected chi connectivity index (χ3v) is 11.4. The van der Waals surface area contributed by atoms with Crippen LogP contribution in [0.4, 0.5) is 0 Å². The molecule has 0 aliphatic rings. The normalized spacial score (nSPS) is 12.9. The Morgan fingerprint density at radius 3 is 1.14 bits per heavy atom. The number of carbonyl (C=O) groups excluding carboxylic acids is 2. The maximum atomic E-state index is 12.8. The van der Waals surface area contributed by atoms with Crippen molar-refractivity contribution in [2.24, 2.45) is 0 Å². The summed E-state index contributed by atoms with van der Waals surface area (Å²) >= 11 is 0. The van der Waals surface area contributed by atoms with E-state index in [4.69, 9.17) is 14.2 Å². The van der Waals surface area contributed by atoms with Gasteiger partial charge in [-0.25, -0.2) is 0 Å². The first-order valence-electron chi connectivity index (χ1n) is 27.1. The molecule has 1 atom stereocenters. The van der Waals surface area contributed by atoms with E-state index in [0.29, 0.717) is 19.4 Å². The summed E-state index contributed by atoms with van der Waals surface area (Å²) in [5, 5.41) is 0. The van der Waals surface area contributed by atoms with Crippen molar-refractivity contribution in [2.45, 2.75) is 258 Å². The fraction of sp³-hybridized carbons (Fsp3) is 0.729. The van der Waals surface area contributed by atoms with Crippen molar-refractivity contribution in [3.63, 3.8) is 0 Å². The van der Waals surface area contributed by atoms with E-state index in [1.807, 2.05) is 0 Å². The topological polar surface area (TPSA) is 61.8 Å². The van der Waals surface area contributed by atoms with Gasteiger partial charge in [-0.3, -0.25) is 9.59 Å². The molecular formula is C59H102O5. The molecule has 0 amide bonds. The Morgan fingerprint density at radius 2 is 0.703 bits per heavy atom. The van der Waals surface area contributed by atoms with Crippen LogP contribution in [0.1, 0.15) is 252 Å². The molecule has 0 aliphatic carbocycles. The molecule has 0 fully saturated rings. The highest BCUT2D eigenvalue weighted by atomic mass is 16.6. The zero-order valence-electron chi connectivity index (χ0n) is 42.3. The van der Waals surface area contributed by atoms with E-state index in [-0.39, 0.29) is 25.2 Å². The van der Waals surface area contributed by atoms with Crippen LogP contribution in [0.3, 0.4) is 0 Å². The van der Waals surface area contributed by atoms with E-state index in [1.165, 1.54) is 116 Å². The molecule has 0 spiro atoms. The van der Waals surface area contributed by atoms with Crippen LogP contribution >= 0.6 is 0 Å². The van der Waals surface area contributed by atoms with Gasteiger partial charge < -0.3 is 14.2 Å². The Balaban J connectivity index is 4.32. The predicted molar refractivity (Wildman–Crippen MR) is 279 cm³/mol. The highest BCUT2D eigenvalue weighted by molar-refractivity contribution is 5.70. The molecule has 0 rings (SSSR count). The SMILES string of the molecule is CC/C=C\C/C=C\C/C=C\CCCCCCCCCC(=O)OCC(COCCCCCCCC/C=C\CCCCCCCC)OC(=O)CCCCCCC/C=C\C/C=C\C/C=C\CC. The summed E-state index contributed by atoms with van der Waals surface area (Å²) in [7, 11) is 0. The minimum Gasteiger partial charge on any atom is -0.462 e. The number of ether oxygens (including phenoxy) is 3. The highest BCUT2D eigenvalue weighted by Crippen LogP contribution is 2.14. The monoisotopic (exact) mass is 891 g/mol. The summed E-state index contributed by atoms with van der Waals surface area (Å²) in [6.45, 7) is 7.57. The maximum absolute atomic E-state index is 12.8. The number of hydrogen-bond acceptors (Lipinski definition) is 5. The smallest absolute Gasteiger partial charge is 0.306 e. The van der Waals surface area contributed by atoms with Crippen LogP contribution in [-0.2, 0) is 23.8 Å². The molecule has 0 heterocycles. The average Bonchev–Trinajstić information content (AvgIpc) is 3.30. The molecular weight excluding hydrogens is 789 g/mol. The van der Waals surface area contributed by atoms with Gasteiger partial charge in [-0.1, -0.05) is 215 Å². The fourth-order valence-electron chi connectivity index (χ4n) is 7.42. The second-order valence-corrected chi connectivity index (χ2v) is 17.7. The number of esters is 2. The molecule has 0 radical (unpaired) electrons. The summed E-state index contributed by atoms with van der Waals surface area (Å²) in [5.41, 5.74) is 0. The van der Waals surface area contributed by atoms with E-state index in [1.54, 1.807) is 0 Å². The Labute approximate surface area is 397 Å². The molecule has 0 aromatic rings. The lowest BCUT2D eigenvalue weighted by Gasteiger charge is -2.18. The Morgan fingerprint density at radius 1 is 0.359 bits per heavy atom. The van der Waals surface area contributed by atoms with Crippen LogP contribution in [0.5, 0.6) is 0 Å². The van der Waals surface area contributed by atoms with Crippen LogP contribution in [-0.4, -0.2) is 37.9 Å². The van der Waals surface area contributed by atoms with Crippen molar-refractivity contribution in [1.82, 2.24) is 0 Å². The van der Waals surface area contributed by atoms with Gasteiger partial charge in [0.15, 0.2) is 6.10 Å². The van der Waals surface area contributed by atoms with Crippen LogP contribution in [0, 0.1) is 0 Å². The van der Waals surface area contributed by atoms with E-state index < -0.39 is 6.10 Å². The molecule has 0 N–H and O–H groups in total. The molecule has 0 aromatic heterocycles. The van der Waals surface area contributed by atoms with Gasteiger partial charge in [-0.05, 0) is 109 Å². The first-order valence-corrected chi connectivity index (χ1v) is 27.1. The van der Waals surface area contributed by atoms with Crippen LogP contribution in [0.2, 0.25) is 0 Å². The first-order chi connectivity index (χ1) is 31.6. The second kappa shape index (κ2) is 54.4. The maximum Gasteiger partial charge on any atom is 0.306 e. The summed E-state index contributed by atoms with van der Waals surface area (Å²) in [6.07, 6.45) is 71.6. The third-order valence-electron chi connectivity index (χ3n) is 11.4. The summed E-state index contributed by atoms with van der Waals surface area (Å²) in [4.78, 5) is 25.5. The number of allylic oxidation sites excluding steroid dienone is 14. The van der Waals surface area contributed by atoms with E-state index in [0.717, 1.165) is 103 Å². The number of rotatable bonds is 49. The van der Waals surface area contributed by atoms with E-state index in [2.05, 4.69) is 106 Å². The Kier molecular flexibility index (Phi) is 51.9. The average molecular weight is 891 g/mol. The van der Waals surface area contributed by atoms with Gasteiger partial charge in [-0.15, -0.1) is 0 Å². The van der Waals surface area contributed by atoms with Gasteiger partial charge in [0.1, 0.15) is 6.61 Å². The Hall–Kier alpha value is -2.92. The number of carbonyl (C=O) groups is 2. The van der Waals surface area contributed by atoms with Crippen molar-refractivity contribution in [3.8, 4) is 0 Å². The van der Waals surface area contributed by atoms with Crippen molar-refractivity contribution >= 4 is 11.9 Å². The zero-order valence-corrected chi connectivity index (χ0v) is 42.3. The van der Waals surface area contributed by atoms with E-state index >= 15 is 0 Å². The lowest BCUT2D eigenvalue weighted by Crippen LogP contribution is -2.30. The van der Waals surface area contributed by atoms with Gasteiger partial charge >= 0.3 is 11.9 Å². The van der Waals surface area contributed by atoms with E-state index in [9.17, 15) is 9.59 Å². The lowest BCUT2D eigenvalue weighted by atomic mass is 10.1. The van der Waals surface area contributed by atoms with Crippen LogP contribution in [0.15, 0.2) is 85.1 Å². The molecule has 0 saturated carbocycles. The van der Waals surface area contributed by atoms with Gasteiger partial charge in [0.05, 0.1) is 6.61 Å². The number of hydrogen-bond donors (Lipinski definition) is 0. The quantitative estimate of drug-likeness (QED) is 0.0346. The largest absolute Gasteiger partial charge is 0.462 e. The zero-order chi connectivity index (χ0) is 46.3. The van der Waals surface area contributed by atoms with Gasteiger partial charge in [0, 0.05) is 19.4 Å². The minimum atomic E-state index is -0.556. The number of unbranched alkanes of at least 4 members (excludes halogenated alkanes) is 24. The molecule has 1 unspecified atom stereocenters.